The molecule has 0 saturated carbocycles. The highest BCUT2D eigenvalue weighted by molar-refractivity contribution is 5.85. The maximum absolute atomic E-state index is 13.3. The number of benzene rings is 1. The van der Waals surface area contributed by atoms with Crippen molar-refractivity contribution < 1.29 is 14.2 Å². The Morgan fingerprint density at radius 1 is 1.14 bits per heavy atom. The van der Waals surface area contributed by atoms with E-state index in [1.165, 1.54) is 4.57 Å². The molecule has 2 fully saturated rings. The molecular weight excluding hydrogens is 362 g/mol. The summed E-state index contributed by atoms with van der Waals surface area (Å²) < 4.78 is 19.6. The van der Waals surface area contributed by atoms with Crippen molar-refractivity contribution in [2.45, 2.75) is 45.1 Å². The molecule has 0 bridgehead atoms. The molecule has 152 valence electrons. The van der Waals surface area contributed by atoms with Crippen molar-refractivity contribution in [3.63, 3.8) is 0 Å². The van der Waals surface area contributed by atoms with Gasteiger partial charge in [-0.25, -0.2) is 4.79 Å². The van der Waals surface area contributed by atoms with Crippen LogP contribution in [0.3, 0.4) is 0 Å². The topological polar surface area (TPSA) is 83.7 Å². The van der Waals surface area contributed by atoms with Crippen LogP contribution in [0.15, 0.2) is 21.7 Å². The van der Waals surface area contributed by atoms with Gasteiger partial charge in [-0.1, -0.05) is 0 Å². The number of aromatic nitrogens is 2. The number of fused-ring (bicyclic) bond motifs is 1. The van der Waals surface area contributed by atoms with Gasteiger partial charge in [-0.3, -0.25) is 13.9 Å². The van der Waals surface area contributed by atoms with Gasteiger partial charge in [-0.05, 0) is 50.9 Å². The van der Waals surface area contributed by atoms with Gasteiger partial charge in [-0.2, -0.15) is 0 Å². The molecule has 2 aliphatic rings. The Bertz CT molecular complexity index is 968. The molecular formula is C20H27N3O5. The zero-order chi connectivity index (χ0) is 19.7. The van der Waals surface area contributed by atoms with Crippen molar-refractivity contribution >= 4 is 10.9 Å². The quantitative estimate of drug-likeness (QED) is 0.823. The standard InChI is InChI=1S/C20H27N3O5/c1-3-22-19(24)18-14(23(20(22)25)12-16-27-10-11-28-16)4-5-15(26-2)17(18)13-6-8-21-9-7-13/h4-5,13,16,21H,3,6-12H2,1-2H3. The monoisotopic (exact) mass is 389 g/mol. The molecule has 0 aliphatic carbocycles. The van der Waals surface area contributed by atoms with Crippen LogP contribution >= 0.6 is 0 Å². The lowest BCUT2D eigenvalue weighted by atomic mass is 9.87. The van der Waals surface area contributed by atoms with Crippen LogP contribution in [-0.4, -0.2) is 48.8 Å². The third kappa shape index (κ3) is 3.25. The molecule has 8 heteroatoms. The predicted molar refractivity (Wildman–Crippen MR) is 105 cm³/mol. The third-order valence-corrected chi connectivity index (χ3v) is 5.70. The van der Waals surface area contributed by atoms with Crippen molar-refractivity contribution in [2.75, 3.05) is 33.4 Å². The molecule has 3 heterocycles. The summed E-state index contributed by atoms with van der Waals surface area (Å²) in [7, 11) is 1.63. The van der Waals surface area contributed by atoms with Gasteiger partial charge in [0.25, 0.3) is 5.56 Å². The molecule has 1 N–H and O–H groups in total. The number of hydrogen-bond donors (Lipinski definition) is 1. The van der Waals surface area contributed by atoms with Crippen LogP contribution in [-0.2, 0) is 22.6 Å². The number of ether oxygens (including phenoxy) is 3. The molecule has 1 aromatic heterocycles. The fraction of sp³-hybridized carbons (Fsp3) is 0.600. The number of rotatable bonds is 5. The van der Waals surface area contributed by atoms with Crippen molar-refractivity contribution in [3.8, 4) is 5.75 Å². The highest BCUT2D eigenvalue weighted by Gasteiger charge is 2.27. The Morgan fingerprint density at radius 3 is 2.50 bits per heavy atom. The van der Waals surface area contributed by atoms with Crippen molar-refractivity contribution in [1.29, 1.82) is 0 Å². The van der Waals surface area contributed by atoms with E-state index in [1.807, 2.05) is 13.0 Å². The maximum atomic E-state index is 13.3. The van der Waals surface area contributed by atoms with Crippen LogP contribution in [0, 0.1) is 0 Å². The lowest BCUT2D eigenvalue weighted by molar-refractivity contribution is -0.0526. The first-order valence-corrected chi connectivity index (χ1v) is 9.93. The van der Waals surface area contributed by atoms with Crippen LogP contribution in [0.25, 0.3) is 10.9 Å². The number of piperidine rings is 1. The second-order valence-electron chi connectivity index (χ2n) is 7.21. The third-order valence-electron chi connectivity index (χ3n) is 5.70. The smallest absolute Gasteiger partial charge is 0.331 e. The van der Waals surface area contributed by atoms with Crippen LogP contribution in [0.1, 0.15) is 31.2 Å². The van der Waals surface area contributed by atoms with E-state index >= 15 is 0 Å². The average molecular weight is 389 g/mol. The summed E-state index contributed by atoms with van der Waals surface area (Å²) in [5.74, 6) is 0.917. The lowest BCUT2D eigenvalue weighted by Crippen LogP contribution is -2.42. The Balaban J connectivity index is 1.99. The van der Waals surface area contributed by atoms with E-state index in [4.69, 9.17) is 14.2 Å². The van der Waals surface area contributed by atoms with Crippen molar-refractivity contribution in [3.05, 3.63) is 38.5 Å². The number of nitrogens with one attached hydrogen (secondary N) is 1. The molecule has 2 aliphatic heterocycles. The zero-order valence-electron chi connectivity index (χ0n) is 16.4. The van der Waals surface area contributed by atoms with E-state index in [-0.39, 0.29) is 23.7 Å². The molecule has 0 unspecified atom stereocenters. The first-order chi connectivity index (χ1) is 13.7. The van der Waals surface area contributed by atoms with Crippen molar-refractivity contribution in [1.82, 2.24) is 14.5 Å². The van der Waals surface area contributed by atoms with E-state index < -0.39 is 6.29 Å². The number of nitrogens with zero attached hydrogens (tertiary/aromatic N) is 2. The minimum absolute atomic E-state index is 0.211. The first kappa shape index (κ1) is 19.2. The predicted octanol–water partition coefficient (Wildman–Crippen LogP) is 1.03. The fourth-order valence-corrected chi connectivity index (χ4v) is 4.32. The largest absolute Gasteiger partial charge is 0.496 e. The summed E-state index contributed by atoms with van der Waals surface area (Å²) in [6, 6.07) is 3.66. The molecule has 0 amide bonds. The van der Waals surface area contributed by atoms with E-state index in [2.05, 4.69) is 5.32 Å². The fourth-order valence-electron chi connectivity index (χ4n) is 4.32. The van der Waals surface area contributed by atoms with Gasteiger partial charge in [-0.15, -0.1) is 0 Å². The van der Waals surface area contributed by atoms with E-state index in [9.17, 15) is 9.59 Å². The molecule has 28 heavy (non-hydrogen) atoms. The molecule has 0 atom stereocenters. The molecule has 1 aromatic carbocycles. The van der Waals surface area contributed by atoms with Gasteiger partial charge in [0.05, 0.1) is 37.8 Å². The van der Waals surface area contributed by atoms with Gasteiger partial charge >= 0.3 is 5.69 Å². The normalized spacial score (nSPS) is 18.8. The minimum atomic E-state index is -0.479. The summed E-state index contributed by atoms with van der Waals surface area (Å²) >= 11 is 0. The molecule has 4 rings (SSSR count). The van der Waals surface area contributed by atoms with Crippen molar-refractivity contribution in [2.24, 2.45) is 0 Å². The van der Waals surface area contributed by atoms with Gasteiger partial charge < -0.3 is 19.5 Å². The van der Waals surface area contributed by atoms with Crippen LogP contribution in [0.5, 0.6) is 5.75 Å². The average Bonchev–Trinajstić information content (AvgIpc) is 3.24. The molecule has 2 saturated heterocycles. The molecule has 8 nitrogen and oxygen atoms in total. The van der Waals surface area contributed by atoms with Crippen LogP contribution in [0.4, 0.5) is 0 Å². The highest BCUT2D eigenvalue weighted by Crippen LogP contribution is 2.36. The Kier molecular flexibility index (Phi) is 5.52. The highest BCUT2D eigenvalue weighted by atomic mass is 16.7. The van der Waals surface area contributed by atoms with E-state index in [0.717, 1.165) is 31.5 Å². The summed E-state index contributed by atoms with van der Waals surface area (Å²) in [5.41, 5.74) is 0.948. The Morgan fingerprint density at radius 2 is 1.86 bits per heavy atom. The maximum Gasteiger partial charge on any atom is 0.331 e. The molecule has 0 spiro atoms. The SMILES string of the molecule is CCn1c(=O)c2c(C3CCNCC3)c(OC)ccc2n(CC2OCCO2)c1=O. The number of methoxy groups -OCH3 is 1. The van der Waals surface area contributed by atoms with Crippen LogP contribution < -0.4 is 21.3 Å². The Labute approximate surface area is 163 Å². The molecule has 0 radical (unpaired) electrons. The summed E-state index contributed by atoms with van der Waals surface area (Å²) in [6.45, 7) is 5.20. The van der Waals surface area contributed by atoms with E-state index in [0.29, 0.717) is 36.4 Å². The Hall–Kier alpha value is -2.16. The first-order valence-electron chi connectivity index (χ1n) is 9.93. The second kappa shape index (κ2) is 8.06. The van der Waals surface area contributed by atoms with Gasteiger partial charge in [0, 0.05) is 12.1 Å². The summed E-state index contributed by atoms with van der Waals surface area (Å²) in [4.78, 5) is 26.4. The summed E-state index contributed by atoms with van der Waals surface area (Å²) in [5, 5.41) is 3.94. The minimum Gasteiger partial charge on any atom is -0.496 e. The van der Waals surface area contributed by atoms with E-state index in [1.54, 1.807) is 17.7 Å². The van der Waals surface area contributed by atoms with Gasteiger partial charge in [0.2, 0.25) is 0 Å². The number of hydrogen-bond acceptors (Lipinski definition) is 6. The van der Waals surface area contributed by atoms with Gasteiger partial charge in [0.1, 0.15) is 5.75 Å². The van der Waals surface area contributed by atoms with Gasteiger partial charge in [0.15, 0.2) is 6.29 Å². The summed E-state index contributed by atoms with van der Waals surface area (Å²) in [6.07, 6.45) is 1.37. The van der Waals surface area contributed by atoms with Crippen LogP contribution in [0.2, 0.25) is 0 Å². The molecule has 2 aromatic rings. The lowest BCUT2D eigenvalue weighted by Gasteiger charge is -2.26. The second-order valence-corrected chi connectivity index (χ2v) is 7.21. The zero-order valence-corrected chi connectivity index (χ0v) is 16.4.